The van der Waals surface area contributed by atoms with Gasteiger partial charge in [-0.1, -0.05) is 0 Å². The third kappa shape index (κ3) is 2.98. The van der Waals surface area contributed by atoms with E-state index in [1.807, 2.05) is 13.0 Å². The van der Waals surface area contributed by atoms with Gasteiger partial charge in [-0.2, -0.15) is 4.31 Å². The zero-order chi connectivity index (χ0) is 15.9. The Hall–Kier alpha value is -0.430. The van der Waals surface area contributed by atoms with Crippen LogP contribution in [-0.2, 0) is 10.0 Å². The van der Waals surface area contributed by atoms with Crippen molar-refractivity contribution in [1.82, 2.24) is 9.21 Å². The van der Waals surface area contributed by atoms with Gasteiger partial charge < -0.3 is 0 Å². The van der Waals surface area contributed by atoms with E-state index in [0.717, 1.165) is 17.7 Å². The maximum absolute atomic E-state index is 12.8. The zero-order valence-corrected chi connectivity index (χ0v) is 15.3. The largest absolute Gasteiger partial charge is 0.294 e. The molecule has 2 saturated heterocycles. The molecular formula is C16H26N2O2S2. The highest BCUT2D eigenvalue weighted by Gasteiger charge is 2.38. The molecule has 3 rings (SSSR count). The van der Waals surface area contributed by atoms with Gasteiger partial charge in [-0.05, 0) is 58.6 Å². The summed E-state index contributed by atoms with van der Waals surface area (Å²) in [6.07, 6.45) is 4.54. The van der Waals surface area contributed by atoms with Crippen molar-refractivity contribution in [3.8, 4) is 0 Å². The van der Waals surface area contributed by atoms with Gasteiger partial charge in [-0.3, -0.25) is 4.90 Å². The summed E-state index contributed by atoms with van der Waals surface area (Å²) in [6, 6.07) is 5.17. The van der Waals surface area contributed by atoms with Crippen molar-refractivity contribution >= 4 is 21.4 Å². The molecule has 124 valence electrons. The molecule has 3 heterocycles. The van der Waals surface area contributed by atoms with Crippen LogP contribution in [0.25, 0.3) is 0 Å². The average Bonchev–Trinajstić information content (AvgIpc) is 3.06. The molecule has 1 aromatic heterocycles. The number of sulfonamides is 1. The van der Waals surface area contributed by atoms with E-state index in [0.29, 0.717) is 35.4 Å². The average molecular weight is 343 g/mol. The van der Waals surface area contributed by atoms with Crippen molar-refractivity contribution in [2.75, 3.05) is 13.1 Å². The van der Waals surface area contributed by atoms with Crippen molar-refractivity contribution in [1.29, 1.82) is 0 Å². The highest BCUT2D eigenvalue weighted by molar-refractivity contribution is 7.91. The molecule has 22 heavy (non-hydrogen) atoms. The summed E-state index contributed by atoms with van der Waals surface area (Å²) in [5.74, 6) is 0. The topological polar surface area (TPSA) is 40.6 Å². The molecule has 0 aliphatic carbocycles. The van der Waals surface area contributed by atoms with Gasteiger partial charge in [0.1, 0.15) is 4.21 Å². The molecule has 1 aromatic rings. The van der Waals surface area contributed by atoms with Crippen LogP contribution in [0.5, 0.6) is 0 Å². The first-order chi connectivity index (χ1) is 10.4. The lowest BCUT2D eigenvalue weighted by atomic mass is 10.0. The second-order valence-electron chi connectivity index (χ2n) is 6.75. The second-order valence-corrected chi connectivity index (χ2v) is 10.2. The van der Waals surface area contributed by atoms with Crippen LogP contribution in [0.4, 0.5) is 0 Å². The van der Waals surface area contributed by atoms with E-state index >= 15 is 0 Å². The van der Waals surface area contributed by atoms with Gasteiger partial charge in [0.25, 0.3) is 10.0 Å². The van der Waals surface area contributed by atoms with Crippen molar-refractivity contribution in [2.45, 2.75) is 68.8 Å². The molecule has 0 saturated carbocycles. The third-order valence-electron chi connectivity index (χ3n) is 5.11. The van der Waals surface area contributed by atoms with Crippen LogP contribution in [0, 0.1) is 6.92 Å². The summed E-state index contributed by atoms with van der Waals surface area (Å²) in [4.78, 5) is 3.61. The maximum Gasteiger partial charge on any atom is 0.252 e. The molecule has 0 spiro atoms. The van der Waals surface area contributed by atoms with Crippen molar-refractivity contribution < 1.29 is 8.42 Å². The van der Waals surface area contributed by atoms with E-state index in [4.69, 9.17) is 0 Å². The first kappa shape index (κ1) is 16.4. The Morgan fingerprint density at radius 3 is 2.41 bits per heavy atom. The van der Waals surface area contributed by atoms with Crippen LogP contribution in [-0.4, -0.2) is 48.8 Å². The highest BCUT2D eigenvalue weighted by Crippen LogP contribution is 2.32. The monoisotopic (exact) mass is 342 g/mol. The molecule has 2 fully saturated rings. The van der Waals surface area contributed by atoms with Crippen molar-refractivity contribution in [3.05, 3.63) is 17.0 Å². The third-order valence-corrected chi connectivity index (χ3v) is 8.44. The molecule has 4 nitrogen and oxygen atoms in total. The standard InChI is InChI=1S/C16H26N2O2S2/c1-12-6-7-13(2)18(12)15-5-4-10-17(11-15)22(19,20)16-9-8-14(3)21-16/h8-9,12-13,15H,4-7,10-11H2,1-3H3. The van der Waals surface area contributed by atoms with Crippen molar-refractivity contribution in [3.63, 3.8) is 0 Å². The van der Waals surface area contributed by atoms with E-state index in [-0.39, 0.29) is 0 Å². The number of hydrogen-bond acceptors (Lipinski definition) is 4. The summed E-state index contributed by atoms with van der Waals surface area (Å²) in [7, 11) is -3.31. The first-order valence-corrected chi connectivity index (χ1v) is 10.5. The van der Waals surface area contributed by atoms with Crippen LogP contribution in [0.3, 0.4) is 0 Å². The molecule has 6 heteroatoms. The van der Waals surface area contributed by atoms with Crippen LogP contribution in [0.15, 0.2) is 16.3 Å². The number of hydrogen-bond donors (Lipinski definition) is 0. The number of nitrogens with zero attached hydrogens (tertiary/aromatic N) is 2. The van der Waals surface area contributed by atoms with Crippen LogP contribution >= 0.6 is 11.3 Å². The Morgan fingerprint density at radius 2 is 1.82 bits per heavy atom. The Morgan fingerprint density at radius 1 is 1.14 bits per heavy atom. The summed E-state index contributed by atoms with van der Waals surface area (Å²) in [6.45, 7) is 7.82. The fourth-order valence-corrected chi connectivity index (χ4v) is 6.95. The summed E-state index contributed by atoms with van der Waals surface area (Å²) in [5, 5.41) is 0. The fraction of sp³-hybridized carbons (Fsp3) is 0.750. The van der Waals surface area contributed by atoms with Gasteiger partial charge in [-0.15, -0.1) is 11.3 Å². The number of piperidine rings is 1. The molecule has 2 aliphatic heterocycles. The molecule has 2 aliphatic rings. The number of aryl methyl sites for hydroxylation is 1. The molecule has 3 unspecified atom stereocenters. The highest BCUT2D eigenvalue weighted by atomic mass is 32.2. The van der Waals surface area contributed by atoms with E-state index in [1.165, 1.54) is 24.2 Å². The second kappa shape index (κ2) is 6.23. The molecule has 0 aromatic carbocycles. The minimum absolute atomic E-state index is 0.372. The van der Waals surface area contributed by atoms with Gasteiger partial charge in [0.05, 0.1) is 0 Å². The van der Waals surface area contributed by atoms with E-state index in [1.54, 1.807) is 10.4 Å². The smallest absolute Gasteiger partial charge is 0.252 e. The molecule has 0 radical (unpaired) electrons. The lowest BCUT2D eigenvalue weighted by Crippen LogP contribution is -2.52. The fourth-order valence-electron chi connectivity index (χ4n) is 4.00. The Labute approximate surface area is 138 Å². The molecule has 0 N–H and O–H groups in total. The number of likely N-dealkylation sites (tertiary alicyclic amines) is 1. The molecule has 3 atom stereocenters. The van der Waals surface area contributed by atoms with E-state index in [2.05, 4.69) is 18.7 Å². The van der Waals surface area contributed by atoms with Gasteiger partial charge in [-0.25, -0.2) is 8.42 Å². The lowest BCUT2D eigenvalue weighted by Gasteiger charge is -2.40. The van der Waals surface area contributed by atoms with E-state index in [9.17, 15) is 8.42 Å². The van der Waals surface area contributed by atoms with Crippen LogP contribution < -0.4 is 0 Å². The minimum Gasteiger partial charge on any atom is -0.294 e. The molecular weight excluding hydrogens is 316 g/mol. The first-order valence-electron chi connectivity index (χ1n) is 8.23. The number of rotatable bonds is 3. The molecule has 0 amide bonds. The summed E-state index contributed by atoms with van der Waals surface area (Å²) in [5.41, 5.74) is 0. The Kier molecular flexibility index (Phi) is 4.65. The molecule has 0 bridgehead atoms. The van der Waals surface area contributed by atoms with Gasteiger partial charge in [0.15, 0.2) is 0 Å². The number of thiophene rings is 1. The normalized spacial score (nSPS) is 31.7. The van der Waals surface area contributed by atoms with Gasteiger partial charge in [0, 0.05) is 36.1 Å². The predicted octanol–water partition coefficient (Wildman–Crippen LogP) is 3.08. The predicted molar refractivity (Wildman–Crippen MR) is 90.8 cm³/mol. The zero-order valence-electron chi connectivity index (χ0n) is 13.7. The van der Waals surface area contributed by atoms with Crippen molar-refractivity contribution in [2.24, 2.45) is 0 Å². The van der Waals surface area contributed by atoms with Gasteiger partial charge >= 0.3 is 0 Å². The lowest BCUT2D eigenvalue weighted by molar-refractivity contribution is 0.0980. The maximum atomic E-state index is 12.8. The Bertz CT molecular complexity index is 616. The Balaban J connectivity index is 1.78. The SMILES string of the molecule is Cc1ccc(S(=O)(=O)N2CCCC(N3C(C)CCC3C)C2)s1. The van der Waals surface area contributed by atoms with Crippen LogP contribution in [0.2, 0.25) is 0 Å². The van der Waals surface area contributed by atoms with E-state index < -0.39 is 10.0 Å². The minimum atomic E-state index is -3.31. The summed E-state index contributed by atoms with van der Waals surface area (Å²) >= 11 is 1.38. The van der Waals surface area contributed by atoms with Gasteiger partial charge in [0.2, 0.25) is 0 Å². The van der Waals surface area contributed by atoms with Crippen LogP contribution in [0.1, 0.15) is 44.4 Å². The summed E-state index contributed by atoms with van der Waals surface area (Å²) < 4.78 is 27.9. The quantitative estimate of drug-likeness (QED) is 0.847.